The first kappa shape index (κ1) is 9.96. The third-order valence-corrected chi connectivity index (χ3v) is 2.97. The molecule has 0 saturated carbocycles. The Kier molecular flexibility index (Phi) is 3.98. The van der Waals surface area contributed by atoms with Crippen LogP contribution in [0.25, 0.3) is 0 Å². The molecule has 1 saturated heterocycles. The van der Waals surface area contributed by atoms with Gasteiger partial charge in [0.05, 0.1) is 7.05 Å². The van der Waals surface area contributed by atoms with E-state index in [1.807, 2.05) is 0 Å². The Morgan fingerprint density at radius 3 is 2.33 bits per heavy atom. The van der Waals surface area contributed by atoms with Gasteiger partial charge < -0.3 is 15.5 Å². The van der Waals surface area contributed by atoms with Gasteiger partial charge in [-0.05, 0) is 0 Å². The molecule has 3 heteroatoms. The molecular weight excluding hydrogens is 150 g/mol. The summed E-state index contributed by atoms with van der Waals surface area (Å²) in [6.07, 6.45) is 1.23. The van der Waals surface area contributed by atoms with Crippen LogP contribution in [0.4, 0.5) is 0 Å². The highest BCUT2D eigenvalue weighted by atomic mass is 15.2. The highest BCUT2D eigenvalue weighted by molar-refractivity contribution is 4.46. The summed E-state index contributed by atoms with van der Waals surface area (Å²) < 4.78 is 0. The minimum Gasteiger partial charge on any atom is -0.350 e. The summed E-state index contributed by atoms with van der Waals surface area (Å²) in [6, 6.07) is 0.665. The van der Waals surface area contributed by atoms with Gasteiger partial charge >= 0.3 is 0 Å². The molecule has 1 fully saturated rings. The average molecular weight is 174 g/mol. The SMILES string of the molecule is CC[C@H]([NH3+])C[NH+]1CC[NH+](C)CC1. The Morgan fingerprint density at radius 2 is 1.83 bits per heavy atom. The van der Waals surface area contributed by atoms with Crippen LogP contribution in [0, 0.1) is 0 Å². The third kappa shape index (κ3) is 3.09. The second-order valence-corrected chi connectivity index (χ2v) is 4.19. The first-order valence-corrected chi connectivity index (χ1v) is 5.20. The summed E-state index contributed by atoms with van der Waals surface area (Å²) in [7, 11) is 2.29. The van der Waals surface area contributed by atoms with E-state index in [9.17, 15) is 0 Å². The van der Waals surface area contributed by atoms with Crippen molar-refractivity contribution in [2.45, 2.75) is 19.4 Å². The van der Waals surface area contributed by atoms with Gasteiger partial charge in [-0.15, -0.1) is 0 Å². The van der Waals surface area contributed by atoms with Gasteiger partial charge in [0.2, 0.25) is 0 Å². The van der Waals surface area contributed by atoms with Crippen LogP contribution in [0.2, 0.25) is 0 Å². The Morgan fingerprint density at radius 1 is 1.25 bits per heavy atom. The van der Waals surface area contributed by atoms with Gasteiger partial charge in [0.25, 0.3) is 0 Å². The summed E-state index contributed by atoms with van der Waals surface area (Å²) >= 11 is 0. The van der Waals surface area contributed by atoms with Gasteiger partial charge in [-0.2, -0.15) is 0 Å². The molecule has 72 valence electrons. The number of nitrogens with one attached hydrogen (secondary N) is 2. The van der Waals surface area contributed by atoms with E-state index in [-0.39, 0.29) is 0 Å². The highest BCUT2D eigenvalue weighted by Crippen LogP contribution is 1.76. The van der Waals surface area contributed by atoms with Crippen molar-refractivity contribution >= 4 is 0 Å². The molecular formula is C9H24N3+3. The molecule has 1 heterocycles. The Bertz CT molecular complexity index is 119. The van der Waals surface area contributed by atoms with Crippen molar-refractivity contribution in [2.75, 3.05) is 39.8 Å². The first-order chi connectivity index (χ1) is 5.72. The lowest BCUT2D eigenvalue weighted by Crippen LogP contribution is -3.27. The monoisotopic (exact) mass is 174 g/mol. The summed E-state index contributed by atoms with van der Waals surface area (Å²) in [4.78, 5) is 3.46. The largest absolute Gasteiger partial charge is 0.350 e. The molecule has 1 aliphatic heterocycles. The van der Waals surface area contributed by atoms with E-state index in [1.54, 1.807) is 9.80 Å². The van der Waals surface area contributed by atoms with Crippen LogP contribution in [-0.2, 0) is 0 Å². The molecule has 0 aromatic carbocycles. The van der Waals surface area contributed by atoms with Crippen molar-refractivity contribution in [1.29, 1.82) is 0 Å². The molecule has 0 aromatic rings. The lowest BCUT2D eigenvalue weighted by molar-refractivity contribution is -1.01. The lowest BCUT2D eigenvalue weighted by atomic mass is 10.2. The predicted molar refractivity (Wildman–Crippen MR) is 49.2 cm³/mol. The van der Waals surface area contributed by atoms with E-state index in [4.69, 9.17) is 0 Å². The molecule has 5 N–H and O–H groups in total. The lowest BCUT2D eigenvalue weighted by Gasteiger charge is -2.27. The predicted octanol–water partition coefficient (Wildman–Crippen LogP) is -3.58. The maximum atomic E-state index is 4.14. The quantitative estimate of drug-likeness (QED) is 0.396. The molecule has 0 aliphatic carbocycles. The average Bonchev–Trinajstić information content (AvgIpc) is 2.09. The van der Waals surface area contributed by atoms with Crippen LogP contribution in [0.1, 0.15) is 13.3 Å². The van der Waals surface area contributed by atoms with Crippen LogP contribution in [-0.4, -0.2) is 45.8 Å². The van der Waals surface area contributed by atoms with Crippen LogP contribution in [0.3, 0.4) is 0 Å². The zero-order chi connectivity index (χ0) is 8.97. The van der Waals surface area contributed by atoms with Crippen LogP contribution >= 0.6 is 0 Å². The van der Waals surface area contributed by atoms with Crippen molar-refractivity contribution in [3.8, 4) is 0 Å². The van der Waals surface area contributed by atoms with Gasteiger partial charge in [0.1, 0.15) is 38.8 Å². The second-order valence-electron chi connectivity index (χ2n) is 4.19. The van der Waals surface area contributed by atoms with Crippen molar-refractivity contribution < 1.29 is 15.5 Å². The molecule has 0 aromatic heterocycles. The van der Waals surface area contributed by atoms with Crippen molar-refractivity contribution in [3.05, 3.63) is 0 Å². The molecule has 3 nitrogen and oxygen atoms in total. The van der Waals surface area contributed by atoms with E-state index in [0.717, 1.165) is 0 Å². The first-order valence-electron chi connectivity index (χ1n) is 5.20. The van der Waals surface area contributed by atoms with Crippen molar-refractivity contribution in [1.82, 2.24) is 0 Å². The van der Waals surface area contributed by atoms with Gasteiger partial charge in [0, 0.05) is 6.42 Å². The number of rotatable bonds is 3. The normalized spacial score (nSPS) is 33.2. The molecule has 1 aliphatic rings. The molecule has 1 rings (SSSR count). The standard InChI is InChI=1S/C9H21N3/c1-3-9(10)8-12-6-4-11(2)5-7-12/h9H,3-8,10H2,1-2H3/p+3/t9-/m0/s1. The van der Waals surface area contributed by atoms with Crippen molar-refractivity contribution in [3.63, 3.8) is 0 Å². The van der Waals surface area contributed by atoms with E-state index >= 15 is 0 Å². The maximum absolute atomic E-state index is 4.14. The minimum absolute atomic E-state index is 0.665. The fraction of sp³-hybridized carbons (Fsp3) is 1.00. The molecule has 12 heavy (non-hydrogen) atoms. The maximum Gasteiger partial charge on any atom is 0.134 e. The van der Waals surface area contributed by atoms with Gasteiger partial charge in [-0.1, -0.05) is 6.92 Å². The molecule has 0 spiro atoms. The fourth-order valence-corrected chi connectivity index (χ4v) is 1.79. The number of hydrogen-bond acceptors (Lipinski definition) is 0. The smallest absolute Gasteiger partial charge is 0.134 e. The van der Waals surface area contributed by atoms with Crippen LogP contribution in [0.15, 0.2) is 0 Å². The molecule has 0 unspecified atom stereocenters. The zero-order valence-corrected chi connectivity index (χ0v) is 8.53. The number of piperazine rings is 1. The number of quaternary nitrogens is 3. The molecule has 0 radical (unpaired) electrons. The Labute approximate surface area is 75.5 Å². The van der Waals surface area contributed by atoms with Gasteiger partial charge in [-0.25, -0.2) is 0 Å². The summed E-state index contributed by atoms with van der Waals surface area (Å²) in [6.45, 7) is 8.88. The summed E-state index contributed by atoms with van der Waals surface area (Å²) in [5, 5.41) is 0. The molecule has 0 bridgehead atoms. The molecule has 0 amide bonds. The van der Waals surface area contributed by atoms with Crippen LogP contribution in [0.5, 0.6) is 0 Å². The van der Waals surface area contributed by atoms with Crippen LogP contribution < -0.4 is 15.5 Å². The van der Waals surface area contributed by atoms with E-state index in [1.165, 1.54) is 39.1 Å². The fourth-order valence-electron chi connectivity index (χ4n) is 1.79. The highest BCUT2D eigenvalue weighted by Gasteiger charge is 2.22. The van der Waals surface area contributed by atoms with Gasteiger partial charge in [0.15, 0.2) is 0 Å². The van der Waals surface area contributed by atoms with Gasteiger partial charge in [-0.3, -0.25) is 0 Å². The summed E-state index contributed by atoms with van der Waals surface area (Å²) in [5.41, 5.74) is 4.14. The number of likely N-dealkylation sites (N-methyl/N-ethyl adjacent to an activating group) is 1. The summed E-state index contributed by atoms with van der Waals surface area (Å²) in [5.74, 6) is 0. The Balaban J connectivity index is 2.17. The topological polar surface area (TPSA) is 36.5 Å². The minimum atomic E-state index is 0.665. The second kappa shape index (κ2) is 4.80. The van der Waals surface area contributed by atoms with E-state index in [2.05, 4.69) is 19.7 Å². The Hall–Kier alpha value is -0.120. The van der Waals surface area contributed by atoms with E-state index in [0.29, 0.717) is 6.04 Å². The third-order valence-electron chi connectivity index (χ3n) is 2.97. The van der Waals surface area contributed by atoms with E-state index < -0.39 is 0 Å². The zero-order valence-electron chi connectivity index (χ0n) is 8.53. The molecule has 1 atom stereocenters. The van der Waals surface area contributed by atoms with Crippen molar-refractivity contribution in [2.24, 2.45) is 0 Å². The number of hydrogen-bond donors (Lipinski definition) is 3.